The minimum atomic E-state index is -3.20. The summed E-state index contributed by atoms with van der Waals surface area (Å²) in [6.45, 7) is 0.370. The van der Waals surface area contributed by atoms with Crippen LogP contribution in [0.1, 0.15) is 42.2 Å². The highest BCUT2D eigenvalue weighted by Gasteiger charge is 2.48. The Morgan fingerprint density at radius 1 is 1.20 bits per heavy atom. The maximum Gasteiger partial charge on any atom is 0.421 e. The summed E-state index contributed by atoms with van der Waals surface area (Å²) in [6, 6.07) is 0.656. The predicted octanol–water partition coefficient (Wildman–Crippen LogP) is 0.167. The first-order valence-electron chi connectivity index (χ1n) is 13.7. The molecule has 5 amide bonds. The van der Waals surface area contributed by atoms with E-state index in [1.807, 2.05) is 0 Å². The quantitative estimate of drug-likeness (QED) is 0.0729. The van der Waals surface area contributed by atoms with Gasteiger partial charge in [0.15, 0.2) is 0 Å². The normalized spacial score (nSPS) is 16.3. The zero-order valence-corrected chi connectivity index (χ0v) is 26.5. The van der Waals surface area contributed by atoms with Crippen LogP contribution >= 0.6 is 21.6 Å². The Bertz CT molecular complexity index is 1320. The number of pyridine rings is 1. The van der Waals surface area contributed by atoms with Gasteiger partial charge in [0.25, 0.3) is 11.8 Å². The number of halogens is 2. The summed E-state index contributed by atoms with van der Waals surface area (Å²) >= 11 is 0. The molecule has 1 aliphatic heterocycles. The minimum Gasteiger partial charge on any atom is -0.480 e. The molecule has 1 aromatic heterocycles. The van der Waals surface area contributed by atoms with Gasteiger partial charge in [0, 0.05) is 49.6 Å². The van der Waals surface area contributed by atoms with Gasteiger partial charge in [0.2, 0.25) is 17.7 Å². The Hall–Kier alpha value is -4.22. The van der Waals surface area contributed by atoms with Crippen molar-refractivity contribution in [2.24, 2.45) is 0 Å². The van der Waals surface area contributed by atoms with Crippen LogP contribution in [0.4, 0.5) is 13.6 Å². The van der Waals surface area contributed by atoms with E-state index < -0.39 is 72.7 Å². The second-order valence-electron chi connectivity index (χ2n) is 9.75. The maximum atomic E-state index is 13.7. The van der Waals surface area contributed by atoms with Crippen LogP contribution in [0.5, 0.6) is 0 Å². The molecule has 0 aliphatic carbocycles. The highest BCUT2D eigenvalue weighted by Crippen LogP contribution is 2.32. The Morgan fingerprint density at radius 2 is 1.91 bits per heavy atom. The fourth-order valence-corrected chi connectivity index (χ4v) is 5.88. The van der Waals surface area contributed by atoms with E-state index in [1.165, 1.54) is 43.1 Å². The number of carboxylic acid groups (broad SMARTS) is 1. The van der Waals surface area contributed by atoms with Crippen LogP contribution in [0.3, 0.4) is 0 Å². The number of carboxylic acids is 1. The lowest BCUT2D eigenvalue weighted by Gasteiger charge is -2.23. The van der Waals surface area contributed by atoms with Gasteiger partial charge >= 0.3 is 12.1 Å². The third-order valence-corrected chi connectivity index (χ3v) is 8.50. The van der Waals surface area contributed by atoms with Gasteiger partial charge in [0.1, 0.15) is 24.7 Å². The molecule has 0 saturated carbocycles. The number of ether oxygens (including phenoxy) is 1. The Morgan fingerprint density at radius 3 is 2.59 bits per heavy atom. The number of amides is 5. The maximum absolute atomic E-state index is 13.7. The molecule has 3 atom stereocenters. The highest BCUT2D eigenvalue weighted by atomic mass is 33.1. The number of aromatic nitrogens is 1. The molecule has 0 radical (unpaired) electrons. The second-order valence-corrected chi connectivity index (χ2v) is 12.4. The molecule has 1 fully saturated rings. The molecule has 6 N–H and O–H groups in total. The third kappa shape index (κ3) is 13.0. The molecule has 16 nitrogen and oxygen atoms in total. The fraction of sp³-hybridized carbons (Fsp3) is 0.538. The van der Waals surface area contributed by atoms with E-state index in [-0.39, 0.29) is 43.0 Å². The van der Waals surface area contributed by atoms with Gasteiger partial charge in [0.05, 0.1) is 24.9 Å². The number of hydrogen-bond acceptors (Lipinski definition) is 12. The minimum absolute atomic E-state index is 0.0255. The van der Waals surface area contributed by atoms with Gasteiger partial charge in [-0.25, -0.2) is 23.8 Å². The number of rotatable bonds is 17. The summed E-state index contributed by atoms with van der Waals surface area (Å²) < 4.78 is 32.2. The Labute approximate surface area is 270 Å². The third-order valence-electron chi connectivity index (χ3n) is 6.12. The van der Waals surface area contributed by atoms with Crippen LogP contribution in [0, 0.1) is 11.3 Å². The number of nitrogens with one attached hydrogen (secondary N) is 5. The van der Waals surface area contributed by atoms with Gasteiger partial charge in [-0.05, 0) is 19.1 Å². The summed E-state index contributed by atoms with van der Waals surface area (Å²) in [6.07, 6.45) is -0.697. The van der Waals surface area contributed by atoms with E-state index in [0.29, 0.717) is 5.75 Å². The first-order chi connectivity index (χ1) is 21.8. The first kappa shape index (κ1) is 38.0. The Kier molecular flexibility index (Phi) is 15.4. The number of hydrogen-bond donors (Lipinski definition) is 6. The number of nitrogens with zero attached hydrogens (tertiary/aromatic N) is 3. The average molecular weight is 689 g/mol. The summed E-state index contributed by atoms with van der Waals surface area (Å²) in [5.41, 5.74) is 4.97. The van der Waals surface area contributed by atoms with Crippen molar-refractivity contribution < 1.29 is 47.4 Å². The van der Waals surface area contributed by atoms with Crippen molar-refractivity contribution in [1.29, 1.82) is 5.26 Å². The van der Waals surface area contributed by atoms with Gasteiger partial charge in [-0.15, -0.1) is 0 Å². The summed E-state index contributed by atoms with van der Waals surface area (Å²) in [4.78, 5) is 77.3. The molecule has 20 heteroatoms. The smallest absolute Gasteiger partial charge is 0.421 e. The molecule has 2 rings (SSSR count). The number of alkyl halides is 2. The van der Waals surface area contributed by atoms with E-state index in [2.05, 4.69) is 31.8 Å². The molecule has 1 aliphatic rings. The predicted molar refractivity (Wildman–Crippen MR) is 161 cm³/mol. The van der Waals surface area contributed by atoms with Gasteiger partial charge in [-0.3, -0.25) is 29.6 Å². The molecule has 1 aromatic rings. The lowest BCUT2D eigenvalue weighted by Crippen LogP contribution is -2.48. The van der Waals surface area contributed by atoms with E-state index >= 15 is 0 Å². The van der Waals surface area contributed by atoms with E-state index in [1.54, 1.807) is 6.07 Å². The molecule has 1 unspecified atom stereocenters. The van der Waals surface area contributed by atoms with E-state index in [9.17, 15) is 42.7 Å². The molecular formula is C26H34F2N8O8S2. The number of aliphatic carboxylic acids is 1. The van der Waals surface area contributed by atoms with Crippen molar-refractivity contribution in [3.8, 4) is 6.07 Å². The molecule has 0 spiro atoms. The van der Waals surface area contributed by atoms with E-state index in [0.717, 1.165) is 15.7 Å². The van der Waals surface area contributed by atoms with Gasteiger partial charge in [-0.2, -0.15) is 5.26 Å². The number of likely N-dealkylation sites (tertiary alicyclic amines) is 1. The number of carbonyl (C=O) groups is 6. The molecule has 0 aromatic carbocycles. The van der Waals surface area contributed by atoms with Crippen molar-refractivity contribution >= 4 is 57.3 Å². The zero-order valence-electron chi connectivity index (χ0n) is 24.8. The molecule has 46 heavy (non-hydrogen) atoms. The van der Waals surface area contributed by atoms with Crippen LogP contribution in [0.25, 0.3) is 0 Å². The number of nitriles is 1. The van der Waals surface area contributed by atoms with Crippen molar-refractivity contribution in [3.05, 3.63) is 29.6 Å². The largest absolute Gasteiger partial charge is 0.480 e. The van der Waals surface area contributed by atoms with Crippen LogP contribution in [0.2, 0.25) is 0 Å². The van der Waals surface area contributed by atoms with Crippen molar-refractivity contribution in [2.45, 2.75) is 56.8 Å². The van der Waals surface area contributed by atoms with Crippen LogP contribution in [-0.2, 0) is 30.5 Å². The zero-order chi connectivity index (χ0) is 34.3. The second kappa shape index (κ2) is 18.7. The Balaban J connectivity index is 1.75. The fourth-order valence-electron chi connectivity index (χ4n) is 3.90. The van der Waals surface area contributed by atoms with Crippen molar-refractivity contribution in [2.75, 3.05) is 31.7 Å². The number of carbonyl (C=O) groups excluding carboxylic acids is 5. The average Bonchev–Trinajstić information content (AvgIpc) is 3.33. The van der Waals surface area contributed by atoms with Gasteiger partial charge in [-0.1, -0.05) is 21.6 Å². The lowest BCUT2D eigenvalue weighted by atomic mass is 10.1. The van der Waals surface area contributed by atoms with Crippen LogP contribution in [0.15, 0.2) is 18.3 Å². The summed E-state index contributed by atoms with van der Waals surface area (Å²) in [7, 11) is 3.91. The number of hydrazine groups is 1. The molecule has 2 heterocycles. The summed E-state index contributed by atoms with van der Waals surface area (Å²) in [5.74, 6) is -6.77. The van der Waals surface area contributed by atoms with Gasteiger partial charge < -0.3 is 30.7 Å². The SMILES string of the molecule is CNNC(=O)OCCSSCC(NC(=O)CCC(=O)NCc1cc(C(=O)N[C@H](C)C(=O)N2CC(F)(F)C[C@H]2C#N)ccn1)C(=O)O. The van der Waals surface area contributed by atoms with Crippen LogP contribution < -0.4 is 26.8 Å². The standard InChI is InChI=1S/C26H34F2N8O8S2/c1-15(23(40)36-14-26(27,28)10-18(36)11-29)33-22(39)16-5-6-31-17(9-16)12-32-20(37)3-4-21(38)34-19(24(41)42)13-46-45-8-7-44-25(43)35-30-2/h5-6,9,15,18-19,30H,3-4,7-8,10,12-14H2,1-2H3,(H,32,37)(H,33,39)(H,34,38)(H,35,43)(H,41,42)/t15-,18+,19?/m1/s1. The molecular weight excluding hydrogens is 654 g/mol. The molecule has 0 bridgehead atoms. The monoisotopic (exact) mass is 688 g/mol. The van der Waals surface area contributed by atoms with Crippen molar-refractivity contribution in [1.82, 2.24) is 36.7 Å². The highest BCUT2D eigenvalue weighted by molar-refractivity contribution is 8.76. The topological polar surface area (TPSA) is 232 Å². The van der Waals surface area contributed by atoms with Crippen molar-refractivity contribution in [3.63, 3.8) is 0 Å². The summed E-state index contributed by atoms with van der Waals surface area (Å²) in [5, 5.41) is 25.8. The van der Waals surface area contributed by atoms with Crippen LogP contribution in [-0.4, -0.2) is 106 Å². The van der Waals surface area contributed by atoms with E-state index in [4.69, 9.17) is 10.00 Å². The molecule has 1 saturated heterocycles. The molecule has 252 valence electrons. The lowest BCUT2D eigenvalue weighted by molar-refractivity contribution is -0.141. The first-order valence-corrected chi connectivity index (χ1v) is 16.2.